The topological polar surface area (TPSA) is 114 Å². The number of carbonyl (C=O) groups is 2. The van der Waals surface area contributed by atoms with Crippen molar-refractivity contribution in [2.75, 3.05) is 41.0 Å². The number of hydrogen-bond donors (Lipinski definition) is 1. The lowest BCUT2D eigenvalue weighted by atomic mass is 9.84. The Balaban J connectivity index is 1.96. The number of hydrogen-bond acceptors (Lipinski definition) is 7. The molecule has 0 aliphatic carbocycles. The molecule has 0 saturated carbocycles. The molecule has 9 nitrogen and oxygen atoms in total. The highest BCUT2D eigenvalue weighted by Gasteiger charge is 2.51. The van der Waals surface area contributed by atoms with E-state index in [4.69, 9.17) is 14.2 Å². The molecule has 2 aromatic rings. The lowest BCUT2D eigenvalue weighted by Crippen LogP contribution is -2.60. The van der Waals surface area contributed by atoms with Crippen LogP contribution in [0.5, 0.6) is 5.75 Å². The van der Waals surface area contributed by atoms with Gasteiger partial charge in [-0.15, -0.1) is 0 Å². The molecule has 1 amide bonds. The molecular formula is C23H25N3O6. The molecule has 168 valence electrons. The van der Waals surface area contributed by atoms with Crippen molar-refractivity contribution in [2.24, 2.45) is 0 Å². The van der Waals surface area contributed by atoms with Crippen molar-refractivity contribution in [2.45, 2.75) is 24.2 Å². The summed E-state index contributed by atoms with van der Waals surface area (Å²) in [5.74, 6) is -0.00254. The third-order valence-electron chi connectivity index (χ3n) is 6.12. The van der Waals surface area contributed by atoms with Crippen molar-refractivity contribution in [3.8, 4) is 11.8 Å². The van der Waals surface area contributed by atoms with Gasteiger partial charge in [0.05, 0.1) is 30.9 Å². The van der Waals surface area contributed by atoms with Crippen molar-refractivity contribution in [1.82, 2.24) is 9.47 Å². The number of ether oxygens (including phenoxy) is 3. The SMILES string of the molecule is COCC1(COC)Oc2ccc(C#N)cc2[C@@H](n2ccc3c2C(=O)N(C)CCC3=O)[C@@H]1O. The van der Waals surface area contributed by atoms with Gasteiger partial charge < -0.3 is 28.8 Å². The number of nitriles is 1. The third kappa shape index (κ3) is 3.37. The molecule has 2 aliphatic heterocycles. The van der Waals surface area contributed by atoms with Crippen molar-refractivity contribution in [3.05, 3.63) is 52.8 Å². The van der Waals surface area contributed by atoms with Gasteiger partial charge in [-0.25, -0.2) is 0 Å². The fourth-order valence-corrected chi connectivity index (χ4v) is 4.56. The van der Waals surface area contributed by atoms with Crippen LogP contribution < -0.4 is 4.74 Å². The third-order valence-corrected chi connectivity index (χ3v) is 6.12. The molecule has 9 heteroatoms. The smallest absolute Gasteiger partial charge is 0.271 e. The lowest BCUT2D eigenvalue weighted by Gasteiger charge is -2.46. The number of rotatable bonds is 5. The highest BCUT2D eigenvalue weighted by Crippen LogP contribution is 2.44. The molecule has 1 aromatic heterocycles. The van der Waals surface area contributed by atoms with Crippen LogP contribution in [0.15, 0.2) is 30.5 Å². The molecule has 1 aromatic carbocycles. The summed E-state index contributed by atoms with van der Waals surface area (Å²) in [6, 6.07) is 7.81. The molecule has 0 bridgehead atoms. The Bertz CT molecular complexity index is 1100. The number of ketones is 1. The summed E-state index contributed by atoms with van der Waals surface area (Å²) >= 11 is 0. The Kier molecular flexibility index (Phi) is 5.77. The Labute approximate surface area is 185 Å². The number of benzene rings is 1. The predicted molar refractivity (Wildman–Crippen MR) is 113 cm³/mol. The largest absolute Gasteiger partial charge is 0.479 e. The van der Waals surface area contributed by atoms with Gasteiger partial charge in [0, 0.05) is 51.6 Å². The van der Waals surface area contributed by atoms with Crippen molar-refractivity contribution >= 4 is 11.7 Å². The van der Waals surface area contributed by atoms with Crippen LogP contribution in [0.3, 0.4) is 0 Å². The van der Waals surface area contributed by atoms with Crippen LogP contribution >= 0.6 is 0 Å². The van der Waals surface area contributed by atoms with Crippen molar-refractivity contribution < 1.29 is 28.9 Å². The molecule has 4 rings (SSSR count). The van der Waals surface area contributed by atoms with E-state index in [1.165, 1.54) is 19.1 Å². The molecule has 2 atom stereocenters. The van der Waals surface area contributed by atoms with Crippen LogP contribution in [0.25, 0.3) is 0 Å². The standard InChI is InChI=1S/C23H25N3O6/c1-25-8-7-17(27)15-6-9-26(20(15)22(25)29)19-16-10-14(11-24)4-5-18(16)32-23(12-30-2,13-31-3)21(19)28/h4-6,9-10,19,21,28H,7-8,12-13H2,1-3H3/t19-,21+/m1/s1. The first-order valence-corrected chi connectivity index (χ1v) is 10.3. The second-order valence-electron chi connectivity index (χ2n) is 8.17. The van der Waals surface area contributed by atoms with E-state index >= 15 is 0 Å². The summed E-state index contributed by atoms with van der Waals surface area (Å²) < 4.78 is 18.5. The summed E-state index contributed by atoms with van der Waals surface area (Å²) in [5, 5.41) is 21.0. The number of methoxy groups -OCH3 is 2. The van der Waals surface area contributed by atoms with Crippen LogP contribution in [0.2, 0.25) is 0 Å². The zero-order valence-corrected chi connectivity index (χ0v) is 18.2. The van der Waals surface area contributed by atoms with E-state index < -0.39 is 17.7 Å². The minimum absolute atomic E-state index is 0.0220. The maximum Gasteiger partial charge on any atom is 0.271 e. The Morgan fingerprint density at radius 3 is 2.62 bits per heavy atom. The second kappa shape index (κ2) is 8.39. The van der Waals surface area contributed by atoms with Crippen molar-refractivity contribution in [3.63, 3.8) is 0 Å². The number of aliphatic hydroxyl groups excluding tert-OH is 1. The second-order valence-corrected chi connectivity index (χ2v) is 8.17. The van der Waals surface area contributed by atoms with Gasteiger partial charge in [-0.3, -0.25) is 9.59 Å². The van der Waals surface area contributed by atoms with E-state index in [9.17, 15) is 20.0 Å². The fourth-order valence-electron chi connectivity index (χ4n) is 4.56. The first-order valence-electron chi connectivity index (χ1n) is 10.3. The maximum atomic E-state index is 13.2. The van der Waals surface area contributed by atoms with Gasteiger partial charge in [-0.05, 0) is 24.3 Å². The van der Waals surface area contributed by atoms with Gasteiger partial charge in [0.25, 0.3) is 5.91 Å². The van der Waals surface area contributed by atoms with Crippen LogP contribution in [0.4, 0.5) is 0 Å². The number of Topliss-reactive ketones (excluding diaryl/α,β-unsaturated/α-hetero) is 1. The zero-order valence-electron chi connectivity index (χ0n) is 18.2. The van der Waals surface area contributed by atoms with E-state index in [0.717, 1.165) is 0 Å². The quantitative estimate of drug-likeness (QED) is 0.749. The average Bonchev–Trinajstić information content (AvgIpc) is 3.18. The van der Waals surface area contributed by atoms with Gasteiger partial charge in [-0.1, -0.05) is 0 Å². The molecule has 0 saturated heterocycles. The summed E-state index contributed by atoms with van der Waals surface area (Å²) in [6.45, 7) is 0.359. The first-order chi connectivity index (χ1) is 15.4. The molecule has 2 aliphatic rings. The van der Waals surface area contributed by atoms with E-state index in [1.807, 2.05) is 0 Å². The highest BCUT2D eigenvalue weighted by atomic mass is 16.6. The Hall–Kier alpha value is -3.19. The maximum absolute atomic E-state index is 13.2. The van der Waals surface area contributed by atoms with Crippen LogP contribution in [-0.2, 0) is 9.47 Å². The van der Waals surface area contributed by atoms with Crippen LogP contribution in [0, 0.1) is 11.3 Å². The Morgan fingerprint density at radius 2 is 1.97 bits per heavy atom. The zero-order chi connectivity index (χ0) is 23.0. The normalized spacial score (nSPS) is 21.9. The molecule has 0 unspecified atom stereocenters. The number of fused-ring (bicyclic) bond motifs is 2. The van der Waals surface area contributed by atoms with E-state index in [-0.39, 0.29) is 37.0 Å². The summed E-state index contributed by atoms with van der Waals surface area (Å²) in [4.78, 5) is 27.4. The Morgan fingerprint density at radius 1 is 1.25 bits per heavy atom. The van der Waals surface area contributed by atoms with Crippen molar-refractivity contribution in [1.29, 1.82) is 5.26 Å². The number of aliphatic hydroxyl groups is 1. The predicted octanol–water partition coefficient (Wildman–Crippen LogP) is 1.39. The fraction of sp³-hybridized carbons (Fsp3) is 0.435. The summed E-state index contributed by atoms with van der Waals surface area (Å²) in [7, 11) is 4.63. The van der Waals surface area contributed by atoms with Crippen LogP contribution in [-0.4, -0.2) is 79.0 Å². The summed E-state index contributed by atoms with van der Waals surface area (Å²) in [6.07, 6.45) is 0.644. The number of amides is 1. The van der Waals surface area contributed by atoms with E-state index in [1.54, 1.807) is 42.1 Å². The molecule has 0 radical (unpaired) electrons. The van der Waals surface area contributed by atoms with E-state index in [0.29, 0.717) is 29.0 Å². The first kappa shape index (κ1) is 22.0. The molecule has 32 heavy (non-hydrogen) atoms. The van der Waals surface area contributed by atoms with Crippen LogP contribution in [0.1, 0.15) is 44.4 Å². The highest BCUT2D eigenvalue weighted by molar-refractivity contribution is 6.09. The van der Waals surface area contributed by atoms with Gasteiger partial charge in [-0.2, -0.15) is 5.26 Å². The minimum Gasteiger partial charge on any atom is -0.479 e. The van der Waals surface area contributed by atoms with Gasteiger partial charge >= 0.3 is 0 Å². The van der Waals surface area contributed by atoms with E-state index in [2.05, 4.69) is 6.07 Å². The molecule has 0 fully saturated rings. The molecule has 0 spiro atoms. The van der Waals surface area contributed by atoms with Gasteiger partial charge in [0.15, 0.2) is 11.4 Å². The summed E-state index contributed by atoms with van der Waals surface area (Å²) in [5.41, 5.74) is 0.173. The number of aromatic nitrogens is 1. The molecule has 1 N–H and O–H groups in total. The number of nitrogens with zero attached hydrogens (tertiary/aromatic N) is 3. The number of carbonyl (C=O) groups excluding carboxylic acids is 2. The molecular weight excluding hydrogens is 414 g/mol. The average molecular weight is 439 g/mol. The lowest BCUT2D eigenvalue weighted by molar-refractivity contribution is -0.148. The van der Waals surface area contributed by atoms with Gasteiger partial charge in [0.2, 0.25) is 0 Å². The molecule has 3 heterocycles. The van der Waals surface area contributed by atoms with Gasteiger partial charge in [0.1, 0.15) is 17.5 Å². The monoisotopic (exact) mass is 439 g/mol. The minimum atomic E-state index is -1.27.